The van der Waals surface area contributed by atoms with Crippen LogP contribution in [0, 0.1) is 6.92 Å². The minimum absolute atomic E-state index is 0.352. The van der Waals surface area contributed by atoms with Crippen molar-refractivity contribution in [3.8, 4) is 11.4 Å². The maximum Gasteiger partial charge on any atom is 0.196 e. The molecule has 0 atom stereocenters. The van der Waals surface area contributed by atoms with Gasteiger partial charge in [-0.2, -0.15) is 0 Å². The second-order valence-corrected chi connectivity index (χ2v) is 7.78. The highest BCUT2D eigenvalue weighted by molar-refractivity contribution is 7.99. The first kappa shape index (κ1) is 20.0. The predicted octanol–water partition coefficient (Wildman–Crippen LogP) is 5.96. The van der Waals surface area contributed by atoms with E-state index in [2.05, 4.69) is 70.2 Å². The van der Waals surface area contributed by atoms with Crippen LogP contribution in [0.4, 0.5) is 0 Å². The summed E-state index contributed by atoms with van der Waals surface area (Å²) < 4.78 is 8.00. The Morgan fingerprint density at radius 1 is 0.867 bits per heavy atom. The zero-order valence-electron chi connectivity index (χ0n) is 16.8. The van der Waals surface area contributed by atoms with Gasteiger partial charge in [0.25, 0.3) is 0 Å². The van der Waals surface area contributed by atoms with E-state index < -0.39 is 0 Å². The fourth-order valence-corrected chi connectivity index (χ4v) is 3.76. The van der Waals surface area contributed by atoms with Gasteiger partial charge in [0.05, 0.1) is 0 Å². The molecule has 0 radical (unpaired) electrons. The topological polar surface area (TPSA) is 39.9 Å². The van der Waals surface area contributed by atoms with Crippen LogP contribution in [0.25, 0.3) is 11.8 Å². The normalized spacial score (nSPS) is 11.1. The zero-order valence-corrected chi connectivity index (χ0v) is 17.6. The molecule has 0 spiro atoms. The van der Waals surface area contributed by atoms with Gasteiger partial charge in [-0.3, -0.25) is 4.57 Å². The van der Waals surface area contributed by atoms with Crippen LogP contribution >= 0.6 is 11.8 Å². The van der Waals surface area contributed by atoms with Gasteiger partial charge in [0.15, 0.2) is 11.0 Å². The highest BCUT2D eigenvalue weighted by Crippen LogP contribution is 2.24. The van der Waals surface area contributed by atoms with E-state index in [-0.39, 0.29) is 0 Å². The van der Waals surface area contributed by atoms with Crippen molar-refractivity contribution in [3.05, 3.63) is 108 Å². The van der Waals surface area contributed by atoms with E-state index in [9.17, 15) is 0 Å². The molecule has 0 N–H and O–H groups in total. The smallest absolute Gasteiger partial charge is 0.196 e. The van der Waals surface area contributed by atoms with E-state index in [1.54, 1.807) is 11.8 Å². The molecule has 0 bridgehead atoms. The van der Waals surface area contributed by atoms with Crippen molar-refractivity contribution in [2.24, 2.45) is 0 Å². The van der Waals surface area contributed by atoms with Gasteiger partial charge in [-0.1, -0.05) is 90.1 Å². The van der Waals surface area contributed by atoms with Crippen LogP contribution < -0.4 is 4.74 Å². The molecule has 0 saturated heterocycles. The lowest BCUT2D eigenvalue weighted by Gasteiger charge is -2.11. The van der Waals surface area contributed by atoms with Gasteiger partial charge < -0.3 is 4.74 Å². The van der Waals surface area contributed by atoms with Crippen molar-refractivity contribution in [1.29, 1.82) is 0 Å². The summed E-state index contributed by atoms with van der Waals surface area (Å²) in [5, 5.41) is 9.69. The van der Waals surface area contributed by atoms with Crippen molar-refractivity contribution in [3.63, 3.8) is 0 Å². The summed E-state index contributed by atoms with van der Waals surface area (Å²) in [4.78, 5) is 0. The average molecular weight is 414 g/mol. The summed E-state index contributed by atoms with van der Waals surface area (Å²) >= 11 is 1.65. The lowest BCUT2D eigenvalue weighted by Crippen LogP contribution is -2.06. The van der Waals surface area contributed by atoms with Crippen molar-refractivity contribution < 1.29 is 4.74 Å². The second-order valence-electron chi connectivity index (χ2n) is 6.80. The number of rotatable bonds is 8. The minimum Gasteiger partial charge on any atom is -0.486 e. The number of hydrogen-bond acceptors (Lipinski definition) is 4. The number of hydrogen-bond donors (Lipinski definition) is 0. The number of benzene rings is 3. The summed E-state index contributed by atoms with van der Waals surface area (Å²) in [6, 6.07) is 28.4. The molecule has 4 rings (SSSR count). The minimum atomic E-state index is 0.352. The summed E-state index contributed by atoms with van der Waals surface area (Å²) in [6.07, 6.45) is 4.27. The molecule has 5 heteroatoms. The van der Waals surface area contributed by atoms with E-state index >= 15 is 0 Å². The van der Waals surface area contributed by atoms with Crippen LogP contribution in [-0.2, 0) is 6.61 Å². The van der Waals surface area contributed by atoms with E-state index in [1.807, 2.05) is 48.5 Å². The van der Waals surface area contributed by atoms with Crippen LogP contribution in [-0.4, -0.2) is 20.5 Å². The second kappa shape index (κ2) is 9.94. The van der Waals surface area contributed by atoms with Gasteiger partial charge in [-0.05, 0) is 36.8 Å². The molecule has 150 valence electrons. The molecule has 3 aromatic carbocycles. The van der Waals surface area contributed by atoms with Crippen LogP contribution in [0.5, 0.6) is 5.75 Å². The SMILES string of the molecule is Cc1ccc(-n2c(COc3ccccc3)nnc2SC/C=C/c2ccccc2)cc1. The predicted molar refractivity (Wildman–Crippen MR) is 123 cm³/mol. The van der Waals surface area contributed by atoms with E-state index in [0.717, 1.165) is 28.2 Å². The third-order valence-electron chi connectivity index (χ3n) is 4.52. The molecular weight excluding hydrogens is 390 g/mol. The summed E-state index contributed by atoms with van der Waals surface area (Å²) in [6.45, 7) is 2.44. The quantitative estimate of drug-likeness (QED) is 0.334. The first-order valence-electron chi connectivity index (χ1n) is 9.83. The standard InChI is InChI=1S/C25H23N3OS/c1-20-14-16-22(17-15-20)28-24(19-29-23-12-6-3-7-13-23)26-27-25(28)30-18-8-11-21-9-4-2-5-10-21/h2-17H,18-19H2,1H3/b11-8+. The fourth-order valence-electron chi connectivity index (χ4n) is 2.98. The third-order valence-corrected chi connectivity index (χ3v) is 5.40. The molecule has 1 aromatic heterocycles. The Kier molecular flexibility index (Phi) is 6.62. The molecule has 30 heavy (non-hydrogen) atoms. The molecular formula is C25H23N3OS. The van der Waals surface area contributed by atoms with Crippen LogP contribution in [0.15, 0.2) is 96.2 Å². The zero-order chi connectivity index (χ0) is 20.6. The van der Waals surface area contributed by atoms with E-state index in [0.29, 0.717) is 6.61 Å². The van der Waals surface area contributed by atoms with Gasteiger partial charge in [0, 0.05) is 11.4 Å². The van der Waals surface area contributed by atoms with Gasteiger partial charge in [-0.25, -0.2) is 0 Å². The Bertz CT molecular complexity index is 1090. The fraction of sp³-hybridized carbons (Fsp3) is 0.120. The number of ether oxygens (including phenoxy) is 1. The van der Waals surface area contributed by atoms with Crippen molar-refractivity contribution in [2.45, 2.75) is 18.7 Å². The molecule has 0 saturated carbocycles. The van der Waals surface area contributed by atoms with Crippen molar-refractivity contribution in [1.82, 2.24) is 14.8 Å². The largest absolute Gasteiger partial charge is 0.486 e. The number of thioether (sulfide) groups is 1. The summed E-state index contributed by atoms with van der Waals surface area (Å²) in [5.74, 6) is 2.39. The van der Waals surface area contributed by atoms with Crippen LogP contribution in [0.3, 0.4) is 0 Å². The highest BCUT2D eigenvalue weighted by Gasteiger charge is 2.14. The summed E-state index contributed by atoms with van der Waals surface area (Å²) in [7, 11) is 0. The Hall–Kier alpha value is -3.31. The lowest BCUT2D eigenvalue weighted by molar-refractivity contribution is 0.293. The Labute approximate surface area is 181 Å². The third kappa shape index (κ3) is 5.19. The number of aryl methyl sites for hydroxylation is 1. The molecule has 1 heterocycles. The van der Waals surface area contributed by atoms with E-state index in [1.165, 1.54) is 11.1 Å². The Morgan fingerprint density at radius 3 is 2.30 bits per heavy atom. The van der Waals surface area contributed by atoms with Crippen molar-refractivity contribution >= 4 is 17.8 Å². The summed E-state index contributed by atoms with van der Waals surface area (Å²) in [5.41, 5.74) is 3.44. The first-order chi connectivity index (χ1) is 14.8. The monoisotopic (exact) mass is 413 g/mol. The molecule has 0 amide bonds. The number of nitrogens with zero attached hydrogens (tertiary/aromatic N) is 3. The van der Waals surface area contributed by atoms with Gasteiger partial charge >= 0.3 is 0 Å². The van der Waals surface area contributed by atoms with Crippen LogP contribution in [0.1, 0.15) is 17.0 Å². The van der Waals surface area contributed by atoms with Gasteiger partial charge in [-0.15, -0.1) is 10.2 Å². The highest BCUT2D eigenvalue weighted by atomic mass is 32.2. The molecule has 0 aliphatic carbocycles. The van der Waals surface area contributed by atoms with Gasteiger partial charge in [0.1, 0.15) is 12.4 Å². The maximum atomic E-state index is 5.93. The average Bonchev–Trinajstić information content (AvgIpc) is 3.20. The van der Waals surface area contributed by atoms with Crippen molar-refractivity contribution in [2.75, 3.05) is 5.75 Å². The van der Waals surface area contributed by atoms with E-state index in [4.69, 9.17) is 4.74 Å². The molecule has 4 nitrogen and oxygen atoms in total. The molecule has 4 aromatic rings. The number of para-hydroxylation sites is 1. The molecule has 0 aliphatic rings. The number of aromatic nitrogens is 3. The first-order valence-corrected chi connectivity index (χ1v) is 10.8. The Balaban J connectivity index is 1.52. The molecule has 0 aliphatic heterocycles. The maximum absolute atomic E-state index is 5.93. The Morgan fingerprint density at radius 2 is 1.57 bits per heavy atom. The van der Waals surface area contributed by atoms with Crippen LogP contribution in [0.2, 0.25) is 0 Å². The van der Waals surface area contributed by atoms with Gasteiger partial charge in [0.2, 0.25) is 0 Å². The molecule has 0 fully saturated rings. The molecule has 0 unspecified atom stereocenters. The lowest BCUT2D eigenvalue weighted by atomic mass is 10.2.